The van der Waals surface area contributed by atoms with Gasteiger partial charge in [-0.05, 0) is 50.7 Å². The van der Waals surface area contributed by atoms with Crippen molar-refractivity contribution in [2.45, 2.75) is 52.5 Å². The first kappa shape index (κ1) is 25.1. The van der Waals surface area contributed by atoms with Crippen molar-refractivity contribution in [1.29, 1.82) is 0 Å². The molecule has 3 rings (SSSR count). The van der Waals surface area contributed by atoms with Crippen LogP contribution in [-0.2, 0) is 16.0 Å². The number of methoxy groups -OCH3 is 1. The van der Waals surface area contributed by atoms with Crippen LogP contribution in [0.4, 0.5) is 0 Å². The molecule has 1 N–H and O–H groups in total. The second-order valence-electron chi connectivity index (χ2n) is 9.29. The van der Waals surface area contributed by atoms with Gasteiger partial charge in [-0.25, -0.2) is 4.68 Å². The molecule has 2 aromatic rings. The van der Waals surface area contributed by atoms with Gasteiger partial charge in [0, 0.05) is 45.3 Å². The average molecular weight is 456 g/mol. The van der Waals surface area contributed by atoms with E-state index in [-0.39, 0.29) is 23.7 Å². The first-order valence-corrected chi connectivity index (χ1v) is 11.9. The SMILES string of the molecule is COCCCCc1c(C(=O)N(CC(C)C)[C@@H]2CNC[C@H](C(C)=O)C2)nnn1-c1ccccc1. The highest BCUT2D eigenvalue weighted by atomic mass is 16.5. The van der Waals surface area contributed by atoms with Crippen molar-refractivity contribution in [2.75, 3.05) is 33.4 Å². The highest BCUT2D eigenvalue weighted by Crippen LogP contribution is 2.23. The van der Waals surface area contributed by atoms with Crippen LogP contribution in [0.1, 0.15) is 56.2 Å². The third-order valence-corrected chi connectivity index (χ3v) is 6.14. The molecule has 0 spiro atoms. The minimum absolute atomic E-state index is 0.0502. The molecule has 1 amide bonds. The second kappa shape index (κ2) is 12.0. The number of hydrogen-bond donors (Lipinski definition) is 1. The van der Waals surface area contributed by atoms with E-state index in [0.717, 1.165) is 24.2 Å². The van der Waals surface area contributed by atoms with E-state index in [9.17, 15) is 9.59 Å². The van der Waals surface area contributed by atoms with Crippen LogP contribution in [-0.4, -0.2) is 71.0 Å². The van der Waals surface area contributed by atoms with Crippen LogP contribution in [0.15, 0.2) is 30.3 Å². The van der Waals surface area contributed by atoms with Gasteiger partial charge in [0.1, 0.15) is 5.78 Å². The number of nitrogens with one attached hydrogen (secondary N) is 1. The number of ether oxygens (including phenoxy) is 1. The van der Waals surface area contributed by atoms with Gasteiger partial charge in [0.15, 0.2) is 5.69 Å². The number of ketones is 1. The number of carbonyl (C=O) groups excluding carboxylic acids is 2. The van der Waals surface area contributed by atoms with E-state index in [1.165, 1.54) is 0 Å². The number of Topliss-reactive ketones (excluding diaryl/α,β-unsaturated/α-hetero) is 1. The van der Waals surface area contributed by atoms with Gasteiger partial charge in [-0.15, -0.1) is 5.10 Å². The Labute approximate surface area is 196 Å². The molecular formula is C25H37N5O3. The molecule has 2 atom stereocenters. The molecule has 33 heavy (non-hydrogen) atoms. The summed E-state index contributed by atoms with van der Waals surface area (Å²) < 4.78 is 6.98. The van der Waals surface area contributed by atoms with Crippen molar-refractivity contribution >= 4 is 11.7 Å². The predicted octanol–water partition coefficient (Wildman–Crippen LogP) is 2.90. The molecule has 0 radical (unpaired) electrons. The van der Waals surface area contributed by atoms with Crippen LogP contribution in [0.5, 0.6) is 0 Å². The Kier molecular flexibility index (Phi) is 9.14. The highest BCUT2D eigenvalue weighted by molar-refractivity contribution is 5.93. The fourth-order valence-corrected chi connectivity index (χ4v) is 4.40. The lowest BCUT2D eigenvalue weighted by atomic mass is 9.91. The number of benzene rings is 1. The molecule has 1 aromatic carbocycles. The summed E-state index contributed by atoms with van der Waals surface area (Å²) in [5.41, 5.74) is 2.11. The van der Waals surface area contributed by atoms with Crippen molar-refractivity contribution < 1.29 is 14.3 Å². The lowest BCUT2D eigenvalue weighted by molar-refractivity contribution is -0.121. The van der Waals surface area contributed by atoms with Crippen molar-refractivity contribution in [3.63, 3.8) is 0 Å². The summed E-state index contributed by atoms with van der Waals surface area (Å²) in [4.78, 5) is 27.8. The molecule has 1 fully saturated rings. The number of amides is 1. The number of aromatic nitrogens is 3. The zero-order chi connectivity index (χ0) is 23.8. The maximum Gasteiger partial charge on any atom is 0.276 e. The fourth-order valence-electron chi connectivity index (χ4n) is 4.40. The first-order chi connectivity index (χ1) is 15.9. The van der Waals surface area contributed by atoms with Gasteiger partial charge in [-0.1, -0.05) is 37.3 Å². The summed E-state index contributed by atoms with van der Waals surface area (Å²) in [6.45, 7) is 8.47. The summed E-state index contributed by atoms with van der Waals surface area (Å²) in [5, 5.41) is 12.1. The Bertz CT molecular complexity index is 912. The van der Waals surface area contributed by atoms with Gasteiger partial charge in [0.25, 0.3) is 5.91 Å². The minimum Gasteiger partial charge on any atom is -0.385 e. The van der Waals surface area contributed by atoms with Crippen LogP contribution in [0, 0.1) is 11.8 Å². The van der Waals surface area contributed by atoms with E-state index >= 15 is 0 Å². The normalized spacial score (nSPS) is 18.5. The lowest BCUT2D eigenvalue weighted by Gasteiger charge is -2.38. The van der Waals surface area contributed by atoms with Crippen molar-refractivity contribution in [1.82, 2.24) is 25.2 Å². The van der Waals surface area contributed by atoms with Gasteiger partial charge in [-0.2, -0.15) is 0 Å². The van der Waals surface area contributed by atoms with Gasteiger partial charge in [0.2, 0.25) is 0 Å². The van der Waals surface area contributed by atoms with E-state index in [2.05, 4.69) is 29.5 Å². The van der Waals surface area contributed by atoms with E-state index in [4.69, 9.17) is 4.74 Å². The van der Waals surface area contributed by atoms with Crippen molar-refractivity contribution in [3.8, 4) is 5.69 Å². The number of unbranched alkanes of at least 4 members (excludes halogenated alkanes) is 1. The predicted molar refractivity (Wildman–Crippen MR) is 127 cm³/mol. The highest BCUT2D eigenvalue weighted by Gasteiger charge is 2.34. The molecule has 0 aliphatic carbocycles. The summed E-state index contributed by atoms with van der Waals surface area (Å²) in [6, 6.07) is 9.75. The number of piperidine rings is 1. The molecule has 1 saturated heterocycles. The van der Waals surface area contributed by atoms with Gasteiger partial charge < -0.3 is 15.0 Å². The molecule has 8 heteroatoms. The van der Waals surface area contributed by atoms with Crippen LogP contribution in [0.3, 0.4) is 0 Å². The number of hydrogen-bond acceptors (Lipinski definition) is 6. The van der Waals surface area contributed by atoms with E-state index in [1.807, 2.05) is 35.2 Å². The molecule has 1 aliphatic heterocycles. The van der Waals surface area contributed by atoms with E-state index in [1.54, 1.807) is 18.7 Å². The molecule has 0 bridgehead atoms. The lowest BCUT2D eigenvalue weighted by Crippen LogP contribution is -2.53. The summed E-state index contributed by atoms with van der Waals surface area (Å²) in [5.74, 6) is 0.280. The molecule has 1 aliphatic rings. The number of rotatable bonds is 11. The molecule has 0 saturated carbocycles. The monoisotopic (exact) mass is 455 g/mol. The van der Waals surface area contributed by atoms with E-state index in [0.29, 0.717) is 50.7 Å². The quantitative estimate of drug-likeness (QED) is 0.524. The Morgan fingerprint density at radius 3 is 2.64 bits per heavy atom. The zero-order valence-corrected chi connectivity index (χ0v) is 20.3. The fraction of sp³-hybridized carbons (Fsp3) is 0.600. The van der Waals surface area contributed by atoms with Crippen LogP contribution in [0.25, 0.3) is 5.69 Å². The first-order valence-electron chi connectivity index (χ1n) is 11.9. The summed E-state index contributed by atoms with van der Waals surface area (Å²) >= 11 is 0. The minimum atomic E-state index is -0.108. The maximum absolute atomic E-state index is 13.9. The van der Waals surface area contributed by atoms with Crippen LogP contribution < -0.4 is 5.32 Å². The van der Waals surface area contributed by atoms with Crippen LogP contribution >= 0.6 is 0 Å². The Morgan fingerprint density at radius 1 is 1.21 bits per heavy atom. The van der Waals surface area contributed by atoms with Gasteiger partial charge in [0.05, 0.1) is 11.4 Å². The third kappa shape index (κ3) is 6.48. The summed E-state index contributed by atoms with van der Waals surface area (Å²) in [6.07, 6.45) is 3.13. The van der Waals surface area contributed by atoms with E-state index < -0.39 is 0 Å². The Balaban J connectivity index is 1.92. The molecule has 0 unspecified atom stereocenters. The number of nitrogens with zero attached hydrogens (tertiary/aromatic N) is 4. The second-order valence-corrected chi connectivity index (χ2v) is 9.29. The molecule has 2 heterocycles. The standard InChI is InChI=1S/C25H37N5O3/c1-18(2)17-29(22-14-20(19(3)31)15-26-16-22)25(32)24-23(12-8-9-13-33-4)30(28-27-24)21-10-6-5-7-11-21/h5-7,10-11,18,20,22,26H,8-9,12-17H2,1-4H3/t20-,22+/m1/s1. The Hall–Kier alpha value is -2.58. The number of carbonyl (C=O) groups is 2. The van der Waals surface area contributed by atoms with Gasteiger partial charge in [-0.3, -0.25) is 9.59 Å². The zero-order valence-electron chi connectivity index (χ0n) is 20.3. The van der Waals surface area contributed by atoms with Crippen molar-refractivity contribution in [2.24, 2.45) is 11.8 Å². The van der Waals surface area contributed by atoms with Gasteiger partial charge >= 0.3 is 0 Å². The Morgan fingerprint density at radius 2 is 1.97 bits per heavy atom. The molecule has 8 nitrogen and oxygen atoms in total. The third-order valence-electron chi connectivity index (χ3n) is 6.14. The largest absolute Gasteiger partial charge is 0.385 e. The topological polar surface area (TPSA) is 89.3 Å². The molecular weight excluding hydrogens is 418 g/mol. The summed E-state index contributed by atoms with van der Waals surface area (Å²) in [7, 11) is 1.70. The average Bonchev–Trinajstić information content (AvgIpc) is 3.24. The smallest absolute Gasteiger partial charge is 0.276 e. The van der Waals surface area contributed by atoms with Crippen LogP contribution in [0.2, 0.25) is 0 Å². The maximum atomic E-state index is 13.9. The molecule has 180 valence electrons. The number of para-hydroxylation sites is 1. The molecule has 1 aromatic heterocycles. The van der Waals surface area contributed by atoms with Crippen molar-refractivity contribution in [3.05, 3.63) is 41.7 Å².